The first-order chi connectivity index (χ1) is 7.54. The Labute approximate surface area is 97.8 Å². The lowest BCUT2D eigenvalue weighted by atomic mass is 9.97. The van der Waals surface area contributed by atoms with Crippen molar-refractivity contribution >= 4 is 0 Å². The highest BCUT2D eigenvalue weighted by atomic mass is 16.5. The van der Waals surface area contributed by atoms with E-state index in [0.717, 1.165) is 11.7 Å². The molecule has 0 aromatic heterocycles. The predicted octanol–water partition coefficient (Wildman–Crippen LogP) is 2.97. The molecular formula is C14H21NO. The van der Waals surface area contributed by atoms with Crippen LogP contribution in [0.25, 0.3) is 0 Å². The maximum absolute atomic E-state index is 6.28. The van der Waals surface area contributed by atoms with E-state index in [1.807, 2.05) is 0 Å². The second kappa shape index (κ2) is 4.10. The van der Waals surface area contributed by atoms with Gasteiger partial charge in [0.1, 0.15) is 5.75 Å². The minimum Gasteiger partial charge on any atom is -0.496 e. The van der Waals surface area contributed by atoms with Crippen LogP contribution in [0.1, 0.15) is 36.1 Å². The molecule has 0 saturated heterocycles. The fourth-order valence-corrected chi connectivity index (χ4v) is 2.60. The lowest BCUT2D eigenvalue weighted by Crippen LogP contribution is -2.14. The van der Waals surface area contributed by atoms with Crippen molar-refractivity contribution in [1.29, 1.82) is 0 Å². The number of nitrogens with two attached hydrogens (primary N) is 1. The first kappa shape index (κ1) is 11.5. The van der Waals surface area contributed by atoms with Crippen LogP contribution in [-0.2, 0) is 0 Å². The SMILES string of the molecule is COc1c(C)cc(C(N)C2CC2C)cc1C. The van der Waals surface area contributed by atoms with Crippen molar-refractivity contribution in [3.05, 3.63) is 28.8 Å². The normalized spacial score (nSPS) is 25.3. The number of hydrogen-bond donors (Lipinski definition) is 1. The molecule has 1 fully saturated rings. The van der Waals surface area contributed by atoms with E-state index in [1.54, 1.807) is 7.11 Å². The molecular weight excluding hydrogens is 198 g/mol. The van der Waals surface area contributed by atoms with Crippen molar-refractivity contribution in [2.24, 2.45) is 17.6 Å². The molecule has 2 heteroatoms. The zero-order chi connectivity index (χ0) is 11.9. The molecule has 1 aliphatic rings. The molecule has 16 heavy (non-hydrogen) atoms. The zero-order valence-corrected chi connectivity index (χ0v) is 10.6. The molecule has 1 aliphatic carbocycles. The molecule has 0 bridgehead atoms. The Morgan fingerprint density at radius 3 is 2.19 bits per heavy atom. The maximum atomic E-state index is 6.28. The highest BCUT2D eigenvalue weighted by Crippen LogP contribution is 2.46. The van der Waals surface area contributed by atoms with Gasteiger partial charge in [0, 0.05) is 6.04 Å². The molecule has 3 atom stereocenters. The van der Waals surface area contributed by atoms with Gasteiger partial charge in [-0.15, -0.1) is 0 Å². The third kappa shape index (κ3) is 1.94. The van der Waals surface area contributed by atoms with Crippen LogP contribution in [0.3, 0.4) is 0 Å². The van der Waals surface area contributed by atoms with E-state index < -0.39 is 0 Å². The number of benzene rings is 1. The third-order valence-corrected chi connectivity index (χ3v) is 3.70. The molecule has 3 unspecified atom stereocenters. The van der Waals surface area contributed by atoms with Crippen molar-refractivity contribution in [3.8, 4) is 5.75 Å². The minimum atomic E-state index is 0.193. The summed E-state index contributed by atoms with van der Waals surface area (Å²) in [7, 11) is 1.72. The third-order valence-electron chi connectivity index (χ3n) is 3.70. The average molecular weight is 219 g/mol. The number of hydrogen-bond acceptors (Lipinski definition) is 2. The van der Waals surface area contributed by atoms with Gasteiger partial charge in [-0.2, -0.15) is 0 Å². The Kier molecular flexibility index (Phi) is 2.94. The second-order valence-electron chi connectivity index (χ2n) is 5.09. The average Bonchev–Trinajstić information content (AvgIpc) is 2.94. The summed E-state index contributed by atoms with van der Waals surface area (Å²) in [5.41, 5.74) is 9.90. The van der Waals surface area contributed by atoms with E-state index in [4.69, 9.17) is 10.5 Å². The van der Waals surface area contributed by atoms with E-state index in [9.17, 15) is 0 Å². The summed E-state index contributed by atoms with van der Waals surface area (Å²) < 4.78 is 5.37. The van der Waals surface area contributed by atoms with E-state index in [2.05, 4.69) is 32.9 Å². The van der Waals surface area contributed by atoms with E-state index in [1.165, 1.54) is 23.1 Å². The Morgan fingerprint density at radius 2 is 1.81 bits per heavy atom. The van der Waals surface area contributed by atoms with Crippen LogP contribution in [0.2, 0.25) is 0 Å². The highest BCUT2D eigenvalue weighted by molar-refractivity contribution is 5.44. The van der Waals surface area contributed by atoms with Gasteiger partial charge < -0.3 is 10.5 Å². The monoisotopic (exact) mass is 219 g/mol. The Morgan fingerprint density at radius 1 is 1.31 bits per heavy atom. The quantitative estimate of drug-likeness (QED) is 0.848. The number of aryl methyl sites for hydroxylation is 2. The molecule has 0 radical (unpaired) electrons. The van der Waals surface area contributed by atoms with Gasteiger partial charge in [0.15, 0.2) is 0 Å². The van der Waals surface area contributed by atoms with Gasteiger partial charge in [-0.3, -0.25) is 0 Å². The number of ether oxygens (including phenoxy) is 1. The minimum absolute atomic E-state index is 0.193. The van der Waals surface area contributed by atoms with E-state index >= 15 is 0 Å². The fourth-order valence-electron chi connectivity index (χ4n) is 2.60. The van der Waals surface area contributed by atoms with Crippen molar-refractivity contribution in [2.75, 3.05) is 7.11 Å². The molecule has 2 nitrogen and oxygen atoms in total. The molecule has 1 saturated carbocycles. The summed E-state index contributed by atoms with van der Waals surface area (Å²) in [5, 5.41) is 0. The molecule has 2 N–H and O–H groups in total. The summed E-state index contributed by atoms with van der Waals surface area (Å²) in [6.45, 7) is 6.44. The molecule has 0 amide bonds. The summed E-state index contributed by atoms with van der Waals surface area (Å²) in [6.07, 6.45) is 1.27. The van der Waals surface area contributed by atoms with Gasteiger partial charge in [0.2, 0.25) is 0 Å². The zero-order valence-electron chi connectivity index (χ0n) is 10.6. The molecule has 2 rings (SSSR count). The Balaban J connectivity index is 2.29. The molecule has 88 valence electrons. The number of methoxy groups -OCH3 is 1. The summed E-state index contributed by atoms with van der Waals surface area (Å²) >= 11 is 0. The van der Waals surface area contributed by atoms with Crippen LogP contribution >= 0.6 is 0 Å². The van der Waals surface area contributed by atoms with Gasteiger partial charge in [0.25, 0.3) is 0 Å². The van der Waals surface area contributed by atoms with Gasteiger partial charge in [-0.1, -0.05) is 19.1 Å². The van der Waals surface area contributed by atoms with Crippen LogP contribution < -0.4 is 10.5 Å². The number of rotatable bonds is 3. The van der Waals surface area contributed by atoms with Crippen molar-refractivity contribution in [3.63, 3.8) is 0 Å². The predicted molar refractivity (Wildman–Crippen MR) is 66.7 cm³/mol. The topological polar surface area (TPSA) is 35.2 Å². The first-order valence-electron chi connectivity index (χ1n) is 5.95. The van der Waals surface area contributed by atoms with Crippen LogP contribution in [0, 0.1) is 25.7 Å². The van der Waals surface area contributed by atoms with E-state index in [0.29, 0.717) is 5.92 Å². The Bertz CT molecular complexity index is 377. The molecule has 1 aromatic rings. The van der Waals surface area contributed by atoms with Gasteiger partial charge >= 0.3 is 0 Å². The van der Waals surface area contributed by atoms with Crippen molar-refractivity contribution in [2.45, 2.75) is 33.2 Å². The fraction of sp³-hybridized carbons (Fsp3) is 0.571. The molecule has 1 aromatic carbocycles. The largest absolute Gasteiger partial charge is 0.496 e. The molecule has 0 aliphatic heterocycles. The van der Waals surface area contributed by atoms with Gasteiger partial charge in [-0.25, -0.2) is 0 Å². The van der Waals surface area contributed by atoms with Crippen molar-refractivity contribution in [1.82, 2.24) is 0 Å². The van der Waals surface area contributed by atoms with Crippen molar-refractivity contribution < 1.29 is 4.74 Å². The summed E-state index contributed by atoms with van der Waals surface area (Å²) in [6, 6.07) is 4.53. The van der Waals surface area contributed by atoms with Crippen LogP contribution in [0.5, 0.6) is 5.75 Å². The van der Waals surface area contributed by atoms with Gasteiger partial charge in [0.05, 0.1) is 7.11 Å². The summed E-state index contributed by atoms with van der Waals surface area (Å²) in [5.74, 6) is 2.45. The smallest absolute Gasteiger partial charge is 0.124 e. The van der Waals surface area contributed by atoms with Crippen LogP contribution in [0.4, 0.5) is 0 Å². The van der Waals surface area contributed by atoms with Crippen LogP contribution in [0.15, 0.2) is 12.1 Å². The molecule has 0 heterocycles. The lowest BCUT2D eigenvalue weighted by Gasteiger charge is -2.16. The summed E-state index contributed by atoms with van der Waals surface area (Å²) in [4.78, 5) is 0. The van der Waals surface area contributed by atoms with Crippen LogP contribution in [-0.4, -0.2) is 7.11 Å². The Hall–Kier alpha value is -1.02. The molecule has 0 spiro atoms. The van der Waals surface area contributed by atoms with E-state index in [-0.39, 0.29) is 6.04 Å². The first-order valence-corrected chi connectivity index (χ1v) is 5.95. The second-order valence-corrected chi connectivity index (χ2v) is 5.09. The van der Waals surface area contributed by atoms with Gasteiger partial charge in [-0.05, 0) is 48.8 Å². The highest BCUT2D eigenvalue weighted by Gasteiger charge is 2.38. The standard InChI is InChI=1S/C14H21NO/c1-8-7-12(8)13(15)11-5-9(2)14(16-4)10(3)6-11/h5-6,8,12-13H,7,15H2,1-4H3. The maximum Gasteiger partial charge on any atom is 0.124 e. The lowest BCUT2D eigenvalue weighted by molar-refractivity contribution is 0.408.